The molecule has 3 nitrogen and oxygen atoms in total. The minimum atomic E-state index is -0.694. The first-order valence-electron chi connectivity index (χ1n) is 5.38. The summed E-state index contributed by atoms with van der Waals surface area (Å²) in [5.74, 6) is -0.588. The lowest BCUT2D eigenvalue weighted by molar-refractivity contribution is -0.121. The highest BCUT2D eigenvalue weighted by Gasteiger charge is 2.26. The smallest absolute Gasteiger partial charge is 0.244 e. The molecule has 0 radical (unpaired) electrons. The van der Waals surface area contributed by atoms with E-state index in [2.05, 4.69) is 26.6 Å². The Kier molecular flexibility index (Phi) is 4.65. The van der Waals surface area contributed by atoms with Gasteiger partial charge in [-0.15, -0.1) is 0 Å². The largest absolute Gasteiger partial charge is 0.323 e. The summed E-state index contributed by atoms with van der Waals surface area (Å²) < 4.78 is 13.7. The van der Waals surface area contributed by atoms with Crippen molar-refractivity contribution < 1.29 is 9.18 Å². The Morgan fingerprint density at radius 3 is 2.71 bits per heavy atom. The van der Waals surface area contributed by atoms with Crippen LogP contribution in [0.15, 0.2) is 22.7 Å². The zero-order valence-corrected chi connectivity index (χ0v) is 11.7. The van der Waals surface area contributed by atoms with Crippen molar-refractivity contribution in [2.45, 2.75) is 26.3 Å². The minimum absolute atomic E-state index is 0.203. The minimum Gasteiger partial charge on any atom is -0.323 e. The van der Waals surface area contributed by atoms with Crippen LogP contribution >= 0.6 is 15.9 Å². The Morgan fingerprint density at radius 2 is 2.12 bits per heavy atom. The fraction of sp³-hybridized carbons (Fsp3) is 0.417. The van der Waals surface area contributed by atoms with Crippen LogP contribution in [0.1, 0.15) is 20.8 Å². The summed E-state index contributed by atoms with van der Waals surface area (Å²) in [6, 6.07) is 4.17. The summed E-state index contributed by atoms with van der Waals surface area (Å²) in [4.78, 5) is 12.0. The summed E-state index contributed by atoms with van der Waals surface area (Å²) >= 11 is 3.26. The van der Waals surface area contributed by atoms with Crippen LogP contribution in [-0.4, -0.2) is 18.0 Å². The van der Waals surface area contributed by atoms with Crippen molar-refractivity contribution in [3.63, 3.8) is 0 Å². The van der Waals surface area contributed by atoms with Crippen LogP contribution in [0.5, 0.6) is 0 Å². The monoisotopic (exact) mass is 302 g/mol. The highest BCUT2D eigenvalue weighted by Crippen LogP contribution is 2.23. The zero-order valence-electron chi connectivity index (χ0n) is 10.1. The van der Waals surface area contributed by atoms with Gasteiger partial charge in [-0.25, -0.2) is 4.39 Å². The van der Waals surface area contributed by atoms with Crippen molar-refractivity contribution in [1.82, 2.24) is 5.32 Å². The molecule has 5 heteroatoms. The van der Waals surface area contributed by atoms with Gasteiger partial charge in [0.05, 0.1) is 11.2 Å². The SMILES string of the molecule is CCNC(C)(C)C(=O)Nc1cc(F)ccc1Br. The number of amides is 1. The van der Waals surface area contributed by atoms with Crippen LogP contribution in [0.3, 0.4) is 0 Å². The van der Waals surface area contributed by atoms with Crippen molar-refractivity contribution in [3.8, 4) is 0 Å². The van der Waals surface area contributed by atoms with E-state index in [4.69, 9.17) is 0 Å². The topological polar surface area (TPSA) is 41.1 Å². The number of carbonyl (C=O) groups excluding carboxylic acids is 1. The maximum absolute atomic E-state index is 13.1. The number of halogens is 2. The molecule has 94 valence electrons. The van der Waals surface area contributed by atoms with Crippen molar-refractivity contribution in [1.29, 1.82) is 0 Å². The Hall–Kier alpha value is -0.940. The van der Waals surface area contributed by atoms with Crippen LogP contribution in [0.2, 0.25) is 0 Å². The molecule has 0 bridgehead atoms. The summed E-state index contributed by atoms with van der Waals surface area (Å²) in [6.45, 7) is 6.16. The molecular weight excluding hydrogens is 287 g/mol. The molecular formula is C12H16BrFN2O. The fourth-order valence-corrected chi connectivity index (χ4v) is 1.74. The van der Waals surface area contributed by atoms with Gasteiger partial charge >= 0.3 is 0 Å². The first kappa shape index (κ1) is 14.1. The molecule has 1 aromatic rings. The van der Waals surface area contributed by atoms with Crippen molar-refractivity contribution in [2.75, 3.05) is 11.9 Å². The van der Waals surface area contributed by atoms with Crippen molar-refractivity contribution >= 4 is 27.5 Å². The van der Waals surface area contributed by atoms with Gasteiger partial charge in [0.1, 0.15) is 5.82 Å². The number of hydrogen-bond acceptors (Lipinski definition) is 2. The second kappa shape index (κ2) is 5.60. The van der Waals surface area contributed by atoms with E-state index in [9.17, 15) is 9.18 Å². The summed E-state index contributed by atoms with van der Waals surface area (Å²) in [7, 11) is 0. The number of hydrogen-bond donors (Lipinski definition) is 2. The van der Waals surface area contributed by atoms with E-state index in [-0.39, 0.29) is 11.7 Å². The van der Waals surface area contributed by atoms with Gasteiger partial charge in [-0.2, -0.15) is 0 Å². The zero-order chi connectivity index (χ0) is 13.1. The molecule has 1 rings (SSSR count). The first-order valence-corrected chi connectivity index (χ1v) is 6.17. The average molecular weight is 303 g/mol. The molecule has 0 saturated carbocycles. The predicted molar refractivity (Wildman–Crippen MR) is 70.5 cm³/mol. The summed E-state index contributed by atoms with van der Waals surface area (Å²) in [6.07, 6.45) is 0. The quantitative estimate of drug-likeness (QED) is 0.898. The molecule has 1 aromatic carbocycles. The van der Waals surface area contributed by atoms with Gasteiger partial charge in [0.2, 0.25) is 5.91 Å². The third-order valence-electron chi connectivity index (χ3n) is 2.36. The van der Waals surface area contributed by atoms with Crippen molar-refractivity contribution in [2.24, 2.45) is 0 Å². The molecule has 0 spiro atoms. The lowest BCUT2D eigenvalue weighted by Crippen LogP contribution is -2.49. The maximum Gasteiger partial charge on any atom is 0.244 e. The normalized spacial score (nSPS) is 11.4. The van der Waals surface area contributed by atoms with Crippen LogP contribution in [0, 0.1) is 5.82 Å². The molecule has 0 atom stereocenters. The number of rotatable bonds is 4. The van der Waals surface area contributed by atoms with Crippen LogP contribution in [0.25, 0.3) is 0 Å². The van der Waals surface area contributed by atoms with E-state index in [1.54, 1.807) is 19.9 Å². The number of carbonyl (C=O) groups is 1. The number of benzene rings is 1. The number of anilines is 1. The van der Waals surface area contributed by atoms with Gasteiger partial charge in [0.15, 0.2) is 0 Å². The Labute approximate surface area is 109 Å². The number of likely N-dealkylation sites (N-methyl/N-ethyl adjacent to an activating group) is 1. The van der Waals surface area contributed by atoms with E-state index in [1.807, 2.05) is 6.92 Å². The number of nitrogens with one attached hydrogen (secondary N) is 2. The highest BCUT2D eigenvalue weighted by molar-refractivity contribution is 9.10. The summed E-state index contributed by atoms with van der Waals surface area (Å²) in [5, 5.41) is 5.74. The van der Waals surface area contributed by atoms with Crippen molar-refractivity contribution in [3.05, 3.63) is 28.5 Å². The molecule has 0 heterocycles. The van der Waals surface area contributed by atoms with Gasteiger partial charge < -0.3 is 10.6 Å². The fourth-order valence-electron chi connectivity index (χ4n) is 1.39. The molecule has 0 aliphatic rings. The van der Waals surface area contributed by atoms with E-state index in [0.29, 0.717) is 16.7 Å². The van der Waals surface area contributed by atoms with Gasteiger partial charge in [-0.1, -0.05) is 6.92 Å². The second-order valence-corrected chi connectivity index (χ2v) is 5.09. The molecule has 0 aromatic heterocycles. The Balaban J connectivity index is 2.84. The van der Waals surface area contributed by atoms with E-state index in [1.165, 1.54) is 12.1 Å². The maximum atomic E-state index is 13.1. The van der Waals surface area contributed by atoms with Gasteiger partial charge in [0, 0.05) is 4.47 Å². The van der Waals surface area contributed by atoms with Crippen LogP contribution in [-0.2, 0) is 4.79 Å². The van der Waals surface area contributed by atoms with Gasteiger partial charge in [0.25, 0.3) is 0 Å². The highest BCUT2D eigenvalue weighted by atomic mass is 79.9. The van der Waals surface area contributed by atoms with E-state index in [0.717, 1.165) is 0 Å². The molecule has 0 fully saturated rings. The van der Waals surface area contributed by atoms with Gasteiger partial charge in [-0.3, -0.25) is 4.79 Å². The molecule has 1 amide bonds. The second-order valence-electron chi connectivity index (χ2n) is 4.23. The molecule has 17 heavy (non-hydrogen) atoms. The van der Waals surface area contributed by atoms with Crippen LogP contribution in [0.4, 0.5) is 10.1 Å². The molecule has 0 unspecified atom stereocenters. The van der Waals surface area contributed by atoms with Gasteiger partial charge in [-0.05, 0) is 54.5 Å². The van der Waals surface area contributed by atoms with Crippen LogP contribution < -0.4 is 10.6 Å². The third kappa shape index (κ3) is 3.78. The molecule has 0 saturated heterocycles. The van der Waals surface area contributed by atoms with E-state index >= 15 is 0 Å². The van der Waals surface area contributed by atoms with E-state index < -0.39 is 5.54 Å². The third-order valence-corrected chi connectivity index (χ3v) is 3.05. The first-order chi connectivity index (χ1) is 7.86. The lowest BCUT2D eigenvalue weighted by Gasteiger charge is -2.24. The molecule has 2 N–H and O–H groups in total. The Morgan fingerprint density at radius 1 is 1.47 bits per heavy atom. The predicted octanol–water partition coefficient (Wildman–Crippen LogP) is 2.91. The molecule has 0 aliphatic carbocycles. The molecule has 0 aliphatic heterocycles. The average Bonchev–Trinajstić information content (AvgIpc) is 2.23. The standard InChI is InChI=1S/C12H16BrFN2O/c1-4-15-12(2,3)11(17)16-10-7-8(14)5-6-9(10)13/h5-7,15H,4H2,1-3H3,(H,16,17). The summed E-state index contributed by atoms with van der Waals surface area (Å²) in [5.41, 5.74) is -0.262. The Bertz CT molecular complexity index is 421. The lowest BCUT2D eigenvalue weighted by atomic mass is 10.0.